The highest BCUT2D eigenvalue weighted by Gasteiger charge is 2.30. The minimum Gasteiger partial charge on any atom is -0.372 e. The van der Waals surface area contributed by atoms with Crippen molar-refractivity contribution in [1.29, 1.82) is 0 Å². The van der Waals surface area contributed by atoms with Gasteiger partial charge < -0.3 is 15.0 Å². The Balaban J connectivity index is 1.47. The Morgan fingerprint density at radius 3 is 2.88 bits per heavy atom. The summed E-state index contributed by atoms with van der Waals surface area (Å²) in [5.74, 6) is 1.72. The van der Waals surface area contributed by atoms with Crippen molar-refractivity contribution in [1.82, 2.24) is 15.3 Å². The molecule has 0 amide bonds. The molecule has 0 spiro atoms. The van der Waals surface area contributed by atoms with Gasteiger partial charge in [0.15, 0.2) is 0 Å². The van der Waals surface area contributed by atoms with E-state index in [1.54, 1.807) is 6.33 Å². The third-order valence-electron chi connectivity index (χ3n) is 6.20. The van der Waals surface area contributed by atoms with Crippen LogP contribution in [0.3, 0.4) is 0 Å². The van der Waals surface area contributed by atoms with Gasteiger partial charge in [0.2, 0.25) is 0 Å². The van der Waals surface area contributed by atoms with Crippen molar-refractivity contribution >= 4 is 5.82 Å². The Morgan fingerprint density at radius 2 is 2.00 bits per heavy atom. The third-order valence-corrected chi connectivity index (χ3v) is 6.20. The molecule has 0 saturated carbocycles. The average Bonchev–Trinajstić information content (AvgIpc) is 3.16. The third kappa shape index (κ3) is 2.70. The first-order valence-corrected chi connectivity index (χ1v) is 9.78. The number of rotatable bonds is 2. The molecule has 1 atom stereocenters. The fraction of sp³-hybridized carbons (Fsp3) is 0.524. The van der Waals surface area contributed by atoms with Crippen LogP contribution in [0, 0.1) is 6.92 Å². The Kier molecular flexibility index (Phi) is 4.14. The maximum Gasteiger partial charge on any atom is 0.135 e. The van der Waals surface area contributed by atoms with Crippen LogP contribution in [-0.2, 0) is 30.8 Å². The summed E-state index contributed by atoms with van der Waals surface area (Å²) < 4.78 is 5.73. The highest BCUT2D eigenvalue weighted by atomic mass is 16.5. The molecule has 1 N–H and O–H groups in total. The molecule has 1 saturated heterocycles. The Morgan fingerprint density at radius 1 is 1.12 bits per heavy atom. The molecule has 5 rings (SSSR count). The molecule has 1 aromatic heterocycles. The predicted molar refractivity (Wildman–Crippen MR) is 102 cm³/mol. The van der Waals surface area contributed by atoms with Crippen LogP contribution >= 0.6 is 0 Å². The zero-order valence-electron chi connectivity index (χ0n) is 15.4. The Labute approximate surface area is 154 Å². The molecule has 0 radical (unpaired) electrons. The number of benzene rings is 1. The van der Waals surface area contributed by atoms with Gasteiger partial charge in [-0.1, -0.05) is 12.1 Å². The molecule has 0 bridgehead atoms. The van der Waals surface area contributed by atoms with Gasteiger partial charge in [0, 0.05) is 37.4 Å². The molecular formula is C21H26N4O. The van der Waals surface area contributed by atoms with Crippen molar-refractivity contribution in [2.75, 3.05) is 31.1 Å². The number of nitrogens with zero attached hydrogens (tertiary/aromatic N) is 3. The molecule has 2 aromatic rings. The molecule has 5 heteroatoms. The summed E-state index contributed by atoms with van der Waals surface area (Å²) in [7, 11) is 0. The van der Waals surface area contributed by atoms with Gasteiger partial charge in [0.25, 0.3) is 0 Å². The number of fused-ring (bicyclic) bond motifs is 2. The summed E-state index contributed by atoms with van der Waals surface area (Å²) in [4.78, 5) is 11.8. The van der Waals surface area contributed by atoms with Crippen molar-refractivity contribution in [2.24, 2.45) is 0 Å². The van der Waals surface area contributed by atoms with Gasteiger partial charge in [-0.15, -0.1) is 0 Å². The lowest BCUT2D eigenvalue weighted by atomic mass is 9.78. The normalized spacial score (nSPS) is 22.2. The van der Waals surface area contributed by atoms with Gasteiger partial charge >= 0.3 is 0 Å². The van der Waals surface area contributed by atoms with E-state index >= 15 is 0 Å². The van der Waals surface area contributed by atoms with Gasteiger partial charge in [0.1, 0.15) is 12.1 Å². The quantitative estimate of drug-likeness (QED) is 0.902. The van der Waals surface area contributed by atoms with Gasteiger partial charge in [-0.3, -0.25) is 0 Å². The summed E-state index contributed by atoms with van der Waals surface area (Å²) in [5, 5.41) is 3.43. The van der Waals surface area contributed by atoms with Gasteiger partial charge in [-0.05, 0) is 54.4 Å². The SMILES string of the molecule is Cc1ccc2c(c1[C@@H]1CCc3c(ncnc3N3CCNCC3)C1)COC2. The van der Waals surface area contributed by atoms with Crippen molar-refractivity contribution in [3.63, 3.8) is 0 Å². The number of hydrogen-bond acceptors (Lipinski definition) is 5. The van der Waals surface area contributed by atoms with Crippen LogP contribution in [0.1, 0.15) is 45.8 Å². The minimum atomic E-state index is 0.546. The number of nitrogens with one attached hydrogen (secondary N) is 1. The Hall–Kier alpha value is -1.98. The van der Waals surface area contributed by atoms with E-state index in [-0.39, 0.29) is 0 Å². The van der Waals surface area contributed by atoms with Gasteiger partial charge in [0.05, 0.1) is 13.2 Å². The van der Waals surface area contributed by atoms with Crippen molar-refractivity contribution in [3.05, 3.63) is 52.0 Å². The standard InChI is InChI=1S/C21H26N4O/c1-14-2-3-16-11-26-12-18(16)20(14)15-4-5-17-19(10-15)23-13-24-21(17)25-8-6-22-7-9-25/h2-3,13,15,22H,4-12H2,1H3/t15-/m1/s1. The molecule has 5 nitrogen and oxygen atoms in total. The first-order valence-electron chi connectivity index (χ1n) is 9.78. The second kappa shape index (κ2) is 6.63. The molecule has 26 heavy (non-hydrogen) atoms. The lowest BCUT2D eigenvalue weighted by molar-refractivity contribution is 0.134. The van der Waals surface area contributed by atoms with Crippen LogP contribution < -0.4 is 10.2 Å². The number of ether oxygens (including phenoxy) is 1. The monoisotopic (exact) mass is 350 g/mol. The smallest absolute Gasteiger partial charge is 0.135 e. The number of aryl methyl sites for hydroxylation is 1. The molecule has 1 fully saturated rings. The maximum atomic E-state index is 5.73. The first kappa shape index (κ1) is 16.2. The van der Waals surface area contributed by atoms with Crippen molar-refractivity contribution < 1.29 is 4.74 Å². The molecule has 2 aliphatic heterocycles. The first-order chi connectivity index (χ1) is 12.8. The molecule has 1 aliphatic carbocycles. The fourth-order valence-electron chi connectivity index (χ4n) is 4.88. The van der Waals surface area contributed by atoms with Crippen molar-refractivity contribution in [3.8, 4) is 0 Å². The molecule has 0 unspecified atom stereocenters. The number of piperazine rings is 1. The van der Waals surface area contributed by atoms with Crippen LogP contribution in [0.5, 0.6) is 0 Å². The van der Waals surface area contributed by atoms with Crippen LogP contribution in [0.2, 0.25) is 0 Å². The van der Waals surface area contributed by atoms with Crippen LogP contribution in [0.25, 0.3) is 0 Å². The van der Waals surface area contributed by atoms with E-state index in [0.717, 1.165) is 52.2 Å². The van der Waals surface area contributed by atoms with Gasteiger partial charge in [-0.2, -0.15) is 0 Å². The summed E-state index contributed by atoms with van der Waals surface area (Å²) in [6, 6.07) is 4.51. The van der Waals surface area contributed by atoms with E-state index in [9.17, 15) is 0 Å². The van der Waals surface area contributed by atoms with E-state index < -0.39 is 0 Å². The largest absolute Gasteiger partial charge is 0.372 e. The highest BCUT2D eigenvalue weighted by molar-refractivity contribution is 5.52. The average molecular weight is 350 g/mol. The zero-order chi connectivity index (χ0) is 17.5. The Bertz CT molecular complexity index is 829. The number of hydrogen-bond donors (Lipinski definition) is 1. The highest BCUT2D eigenvalue weighted by Crippen LogP contribution is 2.40. The van der Waals surface area contributed by atoms with Crippen LogP contribution in [0.15, 0.2) is 18.5 Å². The van der Waals surface area contributed by atoms with Crippen LogP contribution in [-0.4, -0.2) is 36.1 Å². The fourth-order valence-corrected chi connectivity index (χ4v) is 4.88. The predicted octanol–water partition coefficient (Wildman–Crippen LogP) is 2.50. The maximum absolute atomic E-state index is 5.73. The number of aromatic nitrogens is 2. The van der Waals surface area contributed by atoms with Crippen molar-refractivity contribution in [2.45, 2.75) is 45.3 Å². The molecule has 3 heterocycles. The number of anilines is 1. The second-order valence-electron chi connectivity index (χ2n) is 7.73. The molecule has 136 valence electrons. The molecule has 3 aliphatic rings. The van der Waals surface area contributed by atoms with E-state index in [1.807, 2.05) is 0 Å². The van der Waals surface area contributed by atoms with E-state index in [0.29, 0.717) is 5.92 Å². The zero-order valence-corrected chi connectivity index (χ0v) is 15.4. The lowest BCUT2D eigenvalue weighted by Gasteiger charge is -2.33. The summed E-state index contributed by atoms with van der Waals surface area (Å²) in [6.07, 6.45) is 5.04. The van der Waals surface area contributed by atoms with E-state index in [2.05, 4.69) is 39.2 Å². The van der Waals surface area contributed by atoms with Crippen LogP contribution in [0.4, 0.5) is 5.82 Å². The van der Waals surface area contributed by atoms with E-state index in [4.69, 9.17) is 4.74 Å². The second-order valence-corrected chi connectivity index (χ2v) is 7.73. The summed E-state index contributed by atoms with van der Waals surface area (Å²) in [5.41, 5.74) is 8.37. The minimum absolute atomic E-state index is 0.546. The summed E-state index contributed by atoms with van der Waals surface area (Å²) >= 11 is 0. The topological polar surface area (TPSA) is 50.3 Å². The summed E-state index contributed by atoms with van der Waals surface area (Å²) in [6.45, 7) is 7.93. The van der Waals surface area contributed by atoms with Gasteiger partial charge in [-0.25, -0.2) is 9.97 Å². The van der Waals surface area contributed by atoms with E-state index in [1.165, 1.54) is 45.7 Å². The lowest BCUT2D eigenvalue weighted by Crippen LogP contribution is -2.44. The molecule has 1 aromatic carbocycles. The molecular weight excluding hydrogens is 324 g/mol.